The van der Waals surface area contributed by atoms with E-state index in [4.69, 9.17) is 5.26 Å². The number of nitriles is 1. The van der Waals surface area contributed by atoms with Crippen molar-refractivity contribution >= 4 is 15.9 Å². The quantitative estimate of drug-likeness (QED) is 0.832. The van der Waals surface area contributed by atoms with Crippen LogP contribution in [0.2, 0.25) is 0 Å². The summed E-state index contributed by atoms with van der Waals surface area (Å²) in [7, 11) is 0. The Hall–Kier alpha value is -0.850. The van der Waals surface area contributed by atoms with Gasteiger partial charge in [0.05, 0.1) is 5.56 Å². The molecule has 1 atom stereocenters. The number of halogens is 1. The number of hydrogen-bond acceptors (Lipinski definition) is 2. The van der Waals surface area contributed by atoms with Crippen LogP contribution in [0.25, 0.3) is 0 Å². The lowest BCUT2D eigenvalue weighted by molar-refractivity contribution is 0.647. The van der Waals surface area contributed by atoms with Gasteiger partial charge in [-0.2, -0.15) is 5.26 Å². The Labute approximate surface area is 92.1 Å². The molecule has 1 fully saturated rings. The van der Waals surface area contributed by atoms with Gasteiger partial charge in [-0.05, 0) is 53.0 Å². The maximum atomic E-state index is 8.89. The average molecular weight is 251 g/mol. The van der Waals surface area contributed by atoms with Crippen LogP contribution in [0.1, 0.15) is 30.0 Å². The Balaban J connectivity index is 2.31. The zero-order chi connectivity index (χ0) is 9.97. The average Bonchev–Trinajstić information content (AvgIpc) is 2.71. The molecule has 0 bridgehead atoms. The van der Waals surface area contributed by atoms with Crippen LogP contribution in [-0.4, -0.2) is 6.54 Å². The maximum Gasteiger partial charge on any atom is 0.100 e. The van der Waals surface area contributed by atoms with Crippen molar-refractivity contribution in [2.24, 2.45) is 0 Å². The third-order valence-electron chi connectivity index (χ3n) is 2.57. The molecule has 1 aromatic rings. The van der Waals surface area contributed by atoms with E-state index in [2.05, 4.69) is 33.4 Å². The summed E-state index contributed by atoms with van der Waals surface area (Å²) in [6.07, 6.45) is 2.40. The zero-order valence-electron chi connectivity index (χ0n) is 7.76. The van der Waals surface area contributed by atoms with E-state index in [0.717, 1.165) is 16.6 Å². The van der Waals surface area contributed by atoms with Gasteiger partial charge in [-0.3, -0.25) is 0 Å². The molecule has 3 heteroatoms. The van der Waals surface area contributed by atoms with Gasteiger partial charge in [0.1, 0.15) is 6.07 Å². The van der Waals surface area contributed by atoms with E-state index in [1.165, 1.54) is 18.4 Å². The molecule has 1 aliphatic heterocycles. The minimum atomic E-state index is 0.440. The summed E-state index contributed by atoms with van der Waals surface area (Å²) in [4.78, 5) is 0. The fourth-order valence-corrected chi connectivity index (χ4v) is 2.15. The highest BCUT2D eigenvalue weighted by Gasteiger charge is 2.16. The molecule has 0 amide bonds. The number of hydrogen-bond donors (Lipinski definition) is 1. The van der Waals surface area contributed by atoms with Crippen molar-refractivity contribution in [3.8, 4) is 6.07 Å². The van der Waals surface area contributed by atoms with Crippen LogP contribution in [0.5, 0.6) is 0 Å². The molecule has 1 aromatic carbocycles. The van der Waals surface area contributed by atoms with Gasteiger partial charge in [-0.15, -0.1) is 0 Å². The van der Waals surface area contributed by atoms with E-state index in [-0.39, 0.29) is 0 Å². The number of rotatable bonds is 1. The molecule has 1 unspecified atom stereocenters. The van der Waals surface area contributed by atoms with Crippen molar-refractivity contribution in [2.75, 3.05) is 6.54 Å². The van der Waals surface area contributed by atoms with Gasteiger partial charge in [0, 0.05) is 10.5 Å². The fraction of sp³-hybridized carbons (Fsp3) is 0.364. The second kappa shape index (κ2) is 4.12. The van der Waals surface area contributed by atoms with E-state index in [0.29, 0.717) is 6.04 Å². The molecule has 1 saturated heterocycles. The Morgan fingerprint density at radius 2 is 2.36 bits per heavy atom. The molecule has 1 heterocycles. The number of benzene rings is 1. The molecule has 1 aliphatic rings. The maximum absolute atomic E-state index is 8.89. The summed E-state index contributed by atoms with van der Waals surface area (Å²) in [5.74, 6) is 0. The molecule has 14 heavy (non-hydrogen) atoms. The van der Waals surface area contributed by atoms with E-state index < -0.39 is 0 Å². The highest BCUT2D eigenvalue weighted by molar-refractivity contribution is 9.10. The van der Waals surface area contributed by atoms with Crippen LogP contribution in [-0.2, 0) is 0 Å². The van der Waals surface area contributed by atoms with Gasteiger partial charge in [-0.25, -0.2) is 0 Å². The zero-order valence-corrected chi connectivity index (χ0v) is 9.34. The van der Waals surface area contributed by atoms with E-state index >= 15 is 0 Å². The minimum absolute atomic E-state index is 0.440. The molecule has 1 N–H and O–H groups in total. The van der Waals surface area contributed by atoms with Crippen molar-refractivity contribution in [3.05, 3.63) is 33.8 Å². The van der Waals surface area contributed by atoms with Crippen LogP contribution in [0.4, 0.5) is 0 Å². The first-order valence-corrected chi connectivity index (χ1v) is 5.53. The van der Waals surface area contributed by atoms with Crippen LogP contribution in [0, 0.1) is 11.3 Å². The van der Waals surface area contributed by atoms with Crippen LogP contribution in [0.15, 0.2) is 22.7 Å². The molecule has 0 saturated carbocycles. The summed E-state index contributed by atoms with van der Waals surface area (Å²) in [5.41, 5.74) is 1.94. The predicted octanol–water partition coefficient (Wildman–Crippen LogP) is 2.75. The molecule has 2 nitrogen and oxygen atoms in total. The second-order valence-corrected chi connectivity index (χ2v) is 4.35. The first kappa shape index (κ1) is 9.70. The topological polar surface area (TPSA) is 35.8 Å². The van der Waals surface area contributed by atoms with Crippen molar-refractivity contribution in [1.82, 2.24) is 5.32 Å². The standard InChI is InChI=1S/C11H11BrN2/c12-10-4-3-8(6-9(10)7-13)11-2-1-5-14-11/h3-4,6,11,14H,1-2,5H2. The van der Waals surface area contributed by atoms with Crippen molar-refractivity contribution < 1.29 is 0 Å². The first-order valence-electron chi connectivity index (χ1n) is 4.74. The van der Waals surface area contributed by atoms with E-state index in [1.807, 2.05) is 12.1 Å². The molecule has 2 rings (SSSR count). The van der Waals surface area contributed by atoms with Crippen LogP contribution < -0.4 is 5.32 Å². The van der Waals surface area contributed by atoms with Crippen LogP contribution in [0.3, 0.4) is 0 Å². The summed E-state index contributed by atoms with van der Waals surface area (Å²) in [5, 5.41) is 12.3. The Morgan fingerprint density at radius 1 is 1.50 bits per heavy atom. The van der Waals surface area contributed by atoms with Gasteiger partial charge < -0.3 is 5.32 Å². The number of nitrogens with one attached hydrogen (secondary N) is 1. The van der Waals surface area contributed by atoms with E-state index in [1.54, 1.807) is 0 Å². The second-order valence-electron chi connectivity index (χ2n) is 3.50. The van der Waals surface area contributed by atoms with Gasteiger partial charge in [0.15, 0.2) is 0 Å². The Morgan fingerprint density at radius 3 is 3.00 bits per heavy atom. The lowest BCUT2D eigenvalue weighted by atomic mass is 10.0. The largest absolute Gasteiger partial charge is 0.310 e. The summed E-state index contributed by atoms with van der Waals surface area (Å²) in [6, 6.07) is 8.62. The highest BCUT2D eigenvalue weighted by Crippen LogP contribution is 2.26. The lowest BCUT2D eigenvalue weighted by Crippen LogP contribution is -2.12. The molecule has 0 radical (unpaired) electrons. The van der Waals surface area contributed by atoms with E-state index in [9.17, 15) is 0 Å². The van der Waals surface area contributed by atoms with Crippen LogP contribution >= 0.6 is 15.9 Å². The minimum Gasteiger partial charge on any atom is -0.310 e. The summed E-state index contributed by atoms with van der Waals surface area (Å²) >= 11 is 3.36. The normalized spacial score (nSPS) is 20.7. The van der Waals surface area contributed by atoms with Gasteiger partial charge in [0.25, 0.3) is 0 Å². The molecule has 0 aliphatic carbocycles. The Kier molecular flexibility index (Phi) is 2.85. The fourth-order valence-electron chi connectivity index (χ4n) is 1.81. The predicted molar refractivity (Wildman–Crippen MR) is 58.8 cm³/mol. The third-order valence-corrected chi connectivity index (χ3v) is 3.27. The molecule has 0 spiro atoms. The monoisotopic (exact) mass is 250 g/mol. The lowest BCUT2D eigenvalue weighted by Gasteiger charge is -2.10. The molecular formula is C11H11BrN2. The van der Waals surface area contributed by atoms with Crippen molar-refractivity contribution in [1.29, 1.82) is 5.26 Å². The first-order chi connectivity index (χ1) is 6.81. The molecule has 0 aromatic heterocycles. The van der Waals surface area contributed by atoms with Gasteiger partial charge in [-0.1, -0.05) is 6.07 Å². The summed E-state index contributed by atoms with van der Waals surface area (Å²) in [6.45, 7) is 1.09. The third kappa shape index (κ3) is 1.82. The molecular weight excluding hydrogens is 240 g/mol. The molecule has 72 valence electrons. The van der Waals surface area contributed by atoms with Gasteiger partial charge >= 0.3 is 0 Å². The smallest absolute Gasteiger partial charge is 0.100 e. The van der Waals surface area contributed by atoms with Crippen molar-refractivity contribution in [3.63, 3.8) is 0 Å². The van der Waals surface area contributed by atoms with Gasteiger partial charge in [0.2, 0.25) is 0 Å². The summed E-state index contributed by atoms with van der Waals surface area (Å²) < 4.78 is 0.877. The highest BCUT2D eigenvalue weighted by atomic mass is 79.9. The SMILES string of the molecule is N#Cc1cc(C2CCCN2)ccc1Br. The Bertz CT molecular complexity index is 375. The number of nitrogens with zero attached hydrogens (tertiary/aromatic N) is 1. The van der Waals surface area contributed by atoms with Crippen molar-refractivity contribution in [2.45, 2.75) is 18.9 Å².